The Balaban J connectivity index is 4.15. The van der Waals surface area contributed by atoms with Crippen LogP contribution in [0.5, 0.6) is 0 Å². The Labute approximate surface area is 78.8 Å². The summed E-state index contributed by atoms with van der Waals surface area (Å²) in [5, 5.41) is 37.3. The van der Waals surface area contributed by atoms with Crippen LogP contribution in [0.2, 0.25) is 0 Å². The lowest BCUT2D eigenvalue weighted by Crippen LogP contribution is -2.46. The molecule has 0 aliphatic heterocycles. The Morgan fingerprint density at radius 2 is 1.31 bits per heavy atom. The standard InChI is InChI=1S/C9H20O4/c1-4-6(10)8(12)9(13)7(11)5(2)3/h5-13H,4H2,1-3H3. The van der Waals surface area contributed by atoms with Crippen LogP contribution < -0.4 is 0 Å². The number of hydrogen-bond acceptors (Lipinski definition) is 4. The van der Waals surface area contributed by atoms with Gasteiger partial charge in [-0.25, -0.2) is 0 Å². The molecule has 4 nitrogen and oxygen atoms in total. The SMILES string of the molecule is CCC(O)C(O)C(O)C(O)C(C)C. The van der Waals surface area contributed by atoms with Gasteiger partial charge in [0.05, 0.1) is 12.2 Å². The Hall–Kier alpha value is -0.160. The molecule has 0 fully saturated rings. The normalized spacial score (nSPS) is 21.2. The van der Waals surface area contributed by atoms with Crippen molar-refractivity contribution in [1.29, 1.82) is 0 Å². The highest BCUT2D eigenvalue weighted by molar-refractivity contribution is 4.81. The van der Waals surface area contributed by atoms with Gasteiger partial charge in [0.15, 0.2) is 0 Å². The van der Waals surface area contributed by atoms with Crippen LogP contribution in [0, 0.1) is 5.92 Å². The summed E-state index contributed by atoms with van der Waals surface area (Å²) in [6.07, 6.45) is -4.19. The van der Waals surface area contributed by atoms with E-state index in [4.69, 9.17) is 0 Å². The highest BCUT2D eigenvalue weighted by Gasteiger charge is 2.30. The van der Waals surface area contributed by atoms with Crippen LogP contribution in [-0.4, -0.2) is 44.8 Å². The zero-order valence-corrected chi connectivity index (χ0v) is 8.38. The third-order valence-electron chi connectivity index (χ3n) is 2.20. The fourth-order valence-corrected chi connectivity index (χ4v) is 1.07. The molecular weight excluding hydrogens is 172 g/mol. The molecule has 4 N–H and O–H groups in total. The van der Waals surface area contributed by atoms with E-state index < -0.39 is 24.4 Å². The fourth-order valence-electron chi connectivity index (χ4n) is 1.07. The maximum absolute atomic E-state index is 9.40. The molecule has 0 spiro atoms. The molecule has 0 radical (unpaired) electrons. The summed E-state index contributed by atoms with van der Waals surface area (Å²) in [4.78, 5) is 0. The number of aliphatic hydroxyl groups excluding tert-OH is 4. The highest BCUT2D eigenvalue weighted by Crippen LogP contribution is 2.13. The zero-order chi connectivity index (χ0) is 10.6. The predicted molar refractivity (Wildman–Crippen MR) is 49.2 cm³/mol. The molecule has 0 rings (SSSR count). The Bertz CT molecular complexity index is 138. The Morgan fingerprint density at radius 3 is 1.62 bits per heavy atom. The van der Waals surface area contributed by atoms with Gasteiger partial charge in [-0.2, -0.15) is 0 Å². The molecule has 0 bridgehead atoms. The third kappa shape index (κ3) is 3.60. The number of rotatable bonds is 5. The fraction of sp³-hybridized carbons (Fsp3) is 1.00. The molecule has 0 saturated heterocycles. The van der Waals surface area contributed by atoms with Crippen LogP contribution in [0.3, 0.4) is 0 Å². The zero-order valence-electron chi connectivity index (χ0n) is 8.38. The second kappa shape index (κ2) is 5.54. The lowest BCUT2D eigenvalue weighted by molar-refractivity contribution is -0.115. The summed E-state index contributed by atoms with van der Waals surface area (Å²) in [6, 6.07) is 0. The van der Waals surface area contributed by atoms with E-state index in [1.165, 1.54) is 0 Å². The minimum atomic E-state index is -1.28. The molecule has 4 atom stereocenters. The van der Waals surface area contributed by atoms with Gasteiger partial charge in [0.2, 0.25) is 0 Å². The maximum atomic E-state index is 9.40. The van der Waals surface area contributed by atoms with Crippen molar-refractivity contribution in [3.63, 3.8) is 0 Å². The molecule has 4 heteroatoms. The first-order chi connectivity index (χ1) is 5.91. The second-order valence-corrected chi connectivity index (χ2v) is 3.69. The van der Waals surface area contributed by atoms with E-state index in [2.05, 4.69) is 0 Å². The maximum Gasteiger partial charge on any atom is 0.108 e. The van der Waals surface area contributed by atoms with Gasteiger partial charge in [-0.15, -0.1) is 0 Å². The van der Waals surface area contributed by atoms with Crippen molar-refractivity contribution in [2.45, 2.75) is 51.6 Å². The summed E-state index contributed by atoms with van der Waals surface area (Å²) in [6.45, 7) is 5.17. The summed E-state index contributed by atoms with van der Waals surface area (Å²) in [7, 11) is 0. The van der Waals surface area contributed by atoms with Crippen molar-refractivity contribution in [2.75, 3.05) is 0 Å². The van der Waals surface area contributed by atoms with Gasteiger partial charge in [0.25, 0.3) is 0 Å². The van der Waals surface area contributed by atoms with Crippen LogP contribution in [0.25, 0.3) is 0 Å². The van der Waals surface area contributed by atoms with Crippen LogP contribution >= 0.6 is 0 Å². The molecule has 13 heavy (non-hydrogen) atoms. The van der Waals surface area contributed by atoms with Crippen LogP contribution in [-0.2, 0) is 0 Å². The van der Waals surface area contributed by atoms with Gasteiger partial charge in [0.1, 0.15) is 12.2 Å². The van der Waals surface area contributed by atoms with Gasteiger partial charge in [-0.3, -0.25) is 0 Å². The van der Waals surface area contributed by atoms with Crippen LogP contribution in [0.4, 0.5) is 0 Å². The topological polar surface area (TPSA) is 80.9 Å². The lowest BCUT2D eigenvalue weighted by Gasteiger charge is -2.27. The molecule has 0 aromatic heterocycles. The van der Waals surface area contributed by atoms with E-state index in [1.807, 2.05) is 0 Å². The van der Waals surface area contributed by atoms with Crippen molar-refractivity contribution in [2.24, 2.45) is 5.92 Å². The average molecular weight is 192 g/mol. The highest BCUT2D eigenvalue weighted by atomic mass is 16.4. The van der Waals surface area contributed by atoms with Crippen LogP contribution in [0.1, 0.15) is 27.2 Å². The summed E-state index contributed by atoms with van der Waals surface area (Å²) < 4.78 is 0. The number of aliphatic hydroxyl groups is 4. The molecule has 0 heterocycles. The van der Waals surface area contributed by atoms with Gasteiger partial charge >= 0.3 is 0 Å². The molecule has 0 aromatic carbocycles. The van der Waals surface area contributed by atoms with Crippen molar-refractivity contribution < 1.29 is 20.4 Å². The van der Waals surface area contributed by atoms with E-state index in [9.17, 15) is 20.4 Å². The van der Waals surface area contributed by atoms with E-state index >= 15 is 0 Å². The van der Waals surface area contributed by atoms with E-state index in [1.54, 1.807) is 20.8 Å². The smallest absolute Gasteiger partial charge is 0.108 e. The molecule has 0 aliphatic rings. The van der Waals surface area contributed by atoms with Gasteiger partial charge < -0.3 is 20.4 Å². The van der Waals surface area contributed by atoms with Crippen molar-refractivity contribution in [1.82, 2.24) is 0 Å². The molecule has 0 amide bonds. The first-order valence-corrected chi connectivity index (χ1v) is 4.64. The third-order valence-corrected chi connectivity index (χ3v) is 2.20. The first-order valence-electron chi connectivity index (χ1n) is 4.64. The molecule has 0 aromatic rings. The minimum Gasteiger partial charge on any atom is -0.390 e. The lowest BCUT2D eigenvalue weighted by atomic mass is 9.94. The second-order valence-electron chi connectivity index (χ2n) is 3.69. The average Bonchev–Trinajstić information content (AvgIpc) is 2.12. The molecular formula is C9H20O4. The monoisotopic (exact) mass is 192 g/mol. The summed E-state index contributed by atoms with van der Waals surface area (Å²) >= 11 is 0. The van der Waals surface area contributed by atoms with Crippen molar-refractivity contribution in [3.8, 4) is 0 Å². The largest absolute Gasteiger partial charge is 0.390 e. The summed E-state index contributed by atoms with van der Waals surface area (Å²) in [5.41, 5.74) is 0. The van der Waals surface area contributed by atoms with E-state index in [0.29, 0.717) is 6.42 Å². The Morgan fingerprint density at radius 1 is 0.846 bits per heavy atom. The summed E-state index contributed by atoms with van der Waals surface area (Å²) in [5.74, 6) is -0.145. The molecule has 4 unspecified atom stereocenters. The first kappa shape index (κ1) is 12.8. The predicted octanol–water partition coefficient (Wildman–Crippen LogP) is -0.504. The number of hydrogen-bond donors (Lipinski definition) is 4. The van der Waals surface area contributed by atoms with E-state index in [-0.39, 0.29) is 5.92 Å². The quantitative estimate of drug-likeness (QED) is 0.473. The molecule has 0 saturated carbocycles. The van der Waals surface area contributed by atoms with Gasteiger partial charge in [-0.1, -0.05) is 20.8 Å². The van der Waals surface area contributed by atoms with Gasteiger partial charge in [0, 0.05) is 0 Å². The van der Waals surface area contributed by atoms with E-state index in [0.717, 1.165) is 0 Å². The molecule has 80 valence electrons. The van der Waals surface area contributed by atoms with Crippen molar-refractivity contribution in [3.05, 3.63) is 0 Å². The minimum absolute atomic E-state index is 0.145. The molecule has 0 aliphatic carbocycles. The van der Waals surface area contributed by atoms with Gasteiger partial charge in [-0.05, 0) is 12.3 Å². The van der Waals surface area contributed by atoms with Crippen LogP contribution in [0.15, 0.2) is 0 Å². The van der Waals surface area contributed by atoms with Crippen molar-refractivity contribution >= 4 is 0 Å². The Kier molecular flexibility index (Phi) is 5.48.